The zero-order valence-electron chi connectivity index (χ0n) is 30.3. The fraction of sp³-hybridized carbons (Fsp3) is 0.526. The molecule has 2 aromatic rings. The Hall–Kier alpha value is -4.50. The molecule has 0 aliphatic heterocycles. The van der Waals surface area contributed by atoms with E-state index in [1.807, 2.05) is 30.3 Å². The summed E-state index contributed by atoms with van der Waals surface area (Å²) in [6.45, 7) is 4.93. The molecule has 5 N–H and O–H groups in total. The molecule has 0 aromatic heterocycles. The molecule has 4 atom stereocenters. The van der Waals surface area contributed by atoms with Crippen molar-refractivity contribution in [2.24, 2.45) is 11.8 Å². The second kappa shape index (κ2) is 24.6. The third kappa shape index (κ3) is 17.6. The molecule has 0 aliphatic carbocycles. The number of hydrogen-bond acceptors (Lipinski definition) is 11. The van der Waals surface area contributed by atoms with Crippen LogP contribution >= 0.6 is 0 Å². The maximum atomic E-state index is 13.9. The maximum absolute atomic E-state index is 13.9. The monoisotopic (exact) mass is 727 g/mol. The minimum atomic E-state index is -1.13. The fourth-order valence-electron chi connectivity index (χ4n) is 5.42. The first kappa shape index (κ1) is 43.7. The summed E-state index contributed by atoms with van der Waals surface area (Å²) >= 11 is 0. The molecule has 14 heteroatoms. The number of carbonyl (C=O) groups is 6. The quantitative estimate of drug-likeness (QED) is 0.0514. The van der Waals surface area contributed by atoms with Gasteiger partial charge < -0.3 is 34.7 Å². The highest BCUT2D eigenvalue weighted by Gasteiger charge is 2.31. The van der Waals surface area contributed by atoms with Crippen molar-refractivity contribution in [3.63, 3.8) is 0 Å². The summed E-state index contributed by atoms with van der Waals surface area (Å²) in [6, 6.07) is 13.2. The normalized spacial score (nSPS) is 13.3. The van der Waals surface area contributed by atoms with Crippen LogP contribution in [0.15, 0.2) is 54.6 Å². The lowest BCUT2D eigenvalue weighted by molar-refractivity contribution is -0.135. The largest absolute Gasteiger partial charge is 0.508 e. The molecule has 0 bridgehead atoms. The number of methoxy groups -OCH3 is 1. The van der Waals surface area contributed by atoms with Crippen molar-refractivity contribution >= 4 is 35.1 Å². The lowest BCUT2D eigenvalue weighted by Gasteiger charge is -2.24. The molecule has 2 unspecified atom stereocenters. The zero-order valence-corrected chi connectivity index (χ0v) is 30.3. The Kier molecular flexibility index (Phi) is 20.7. The summed E-state index contributed by atoms with van der Waals surface area (Å²) in [4.78, 5) is 77.9. The van der Waals surface area contributed by atoms with E-state index in [0.717, 1.165) is 5.56 Å². The summed E-state index contributed by atoms with van der Waals surface area (Å²) in [6.07, 6.45) is -0.0413. The van der Waals surface area contributed by atoms with Gasteiger partial charge in [-0.1, -0.05) is 42.5 Å². The third-order valence-corrected chi connectivity index (χ3v) is 8.33. The van der Waals surface area contributed by atoms with Gasteiger partial charge >= 0.3 is 0 Å². The van der Waals surface area contributed by atoms with Gasteiger partial charge in [0, 0.05) is 51.2 Å². The van der Waals surface area contributed by atoms with E-state index < -0.39 is 53.8 Å². The van der Waals surface area contributed by atoms with Gasteiger partial charge in [0.1, 0.15) is 11.5 Å². The topological polar surface area (TPSA) is 207 Å². The van der Waals surface area contributed by atoms with Crippen LogP contribution in [-0.2, 0) is 55.8 Å². The number of hydrogen-bond donors (Lipinski definition) is 5. The molecule has 0 fully saturated rings. The number of amides is 3. The van der Waals surface area contributed by atoms with Crippen LogP contribution in [0, 0.1) is 11.8 Å². The van der Waals surface area contributed by atoms with Crippen molar-refractivity contribution in [1.29, 1.82) is 0 Å². The second-order valence-corrected chi connectivity index (χ2v) is 12.7. The van der Waals surface area contributed by atoms with Crippen LogP contribution in [-0.4, -0.2) is 97.6 Å². The highest BCUT2D eigenvalue weighted by Crippen LogP contribution is 2.19. The van der Waals surface area contributed by atoms with Crippen molar-refractivity contribution in [1.82, 2.24) is 16.1 Å². The lowest BCUT2D eigenvalue weighted by Crippen LogP contribution is -2.48. The van der Waals surface area contributed by atoms with Gasteiger partial charge in [-0.2, -0.15) is 0 Å². The van der Waals surface area contributed by atoms with Crippen molar-refractivity contribution < 1.29 is 53.3 Å². The van der Waals surface area contributed by atoms with Gasteiger partial charge in [-0.05, 0) is 62.8 Å². The SMILES string of the molecule is COCCOCCOCCCC(=O)C(C)NC(=O)C(CCC(=O)NO)CC(=O)[C@H](Cc1ccc(O)cc1)NC(=O)[C@H](CC(C)=O)Cc1ccccc1. The highest BCUT2D eigenvalue weighted by atomic mass is 16.5. The molecule has 0 saturated carbocycles. The number of benzene rings is 2. The van der Waals surface area contributed by atoms with Crippen molar-refractivity contribution in [2.75, 3.05) is 40.1 Å². The standard InChI is InChI=1S/C38H53N3O11/c1-26(42)22-31(23-28-8-5-4-6-9-28)38(48)40-33(24-29-11-14-32(43)15-12-29)35(45)25-30(13-16-36(46)41-49)37(47)39-27(2)34(44)10-7-17-51-20-21-52-19-18-50-3/h4-6,8-9,11-12,14-15,27,30-31,33,43,49H,7,10,13,16-25H2,1-3H3,(H,39,47)(H,40,48)(H,41,46)/t27?,30?,31-,33+/m1/s1. The Morgan fingerprint density at radius 3 is 1.96 bits per heavy atom. The number of carbonyl (C=O) groups excluding carboxylic acids is 6. The summed E-state index contributed by atoms with van der Waals surface area (Å²) in [5.74, 6) is -4.73. The van der Waals surface area contributed by atoms with Gasteiger partial charge in [0.25, 0.3) is 0 Å². The Labute approximate surface area is 304 Å². The lowest BCUT2D eigenvalue weighted by atomic mass is 9.89. The Morgan fingerprint density at radius 2 is 1.33 bits per heavy atom. The predicted molar refractivity (Wildman–Crippen MR) is 190 cm³/mol. The van der Waals surface area contributed by atoms with Gasteiger partial charge in [-0.3, -0.25) is 29.2 Å². The van der Waals surface area contributed by atoms with E-state index in [-0.39, 0.29) is 55.8 Å². The Bertz CT molecular complexity index is 1420. The molecule has 2 aromatic carbocycles. The van der Waals surface area contributed by atoms with E-state index in [1.54, 1.807) is 19.2 Å². The molecule has 0 saturated heterocycles. The van der Waals surface area contributed by atoms with E-state index >= 15 is 0 Å². The van der Waals surface area contributed by atoms with E-state index in [9.17, 15) is 33.9 Å². The summed E-state index contributed by atoms with van der Waals surface area (Å²) < 4.78 is 15.7. The number of rotatable bonds is 27. The molecule has 3 amide bonds. The van der Waals surface area contributed by atoms with Crippen molar-refractivity contribution in [3.05, 3.63) is 65.7 Å². The first-order valence-corrected chi connectivity index (χ1v) is 17.5. The highest BCUT2D eigenvalue weighted by molar-refractivity contribution is 5.95. The van der Waals surface area contributed by atoms with E-state index in [2.05, 4.69) is 10.6 Å². The molecule has 52 heavy (non-hydrogen) atoms. The van der Waals surface area contributed by atoms with E-state index in [4.69, 9.17) is 19.4 Å². The van der Waals surface area contributed by atoms with Crippen LogP contribution in [0.3, 0.4) is 0 Å². The minimum absolute atomic E-state index is 0.0125. The number of phenols is 1. The smallest absolute Gasteiger partial charge is 0.243 e. The van der Waals surface area contributed by atoms with Gasteiger partial charge in [-0.15, -0.1) is 0 Å². The van der Waals surface area contributed by atoms with E-state index in [0.29, 0.717) is 45.0 Å². The van der Waals surface area contributed by atoms with Crippen LogP contribution < -0.4 is 16.1 Å². The zero-order chi connectivity index (χ0) is 38.3. The van der Waals surface area contributed by atoms with Gasteiger partial charge in [0.2, 0.25) is 17.7 Å². The fourth-order valence-corrected chi connectivity index (χ4v) is 5.42. The van der Waals surface area contributed by atoms with Crippen molar-refractivity contribution in [3.8, 4) is 5.75 Å². The molecule has 286 valence electrons. The summed E-state index contributed by atoms with van der Waals surface area (Å²) in [5, 5.41) is 24.3. The number of Topliss-reactive ketones (excluding diaryl/α,β-unsaturated/α-hetero) is 3. The maximum Gasteiger partial charge on any atom is 0.243 e. The molecule has 0 aliphatic rings. The molecule has 0 radical (unpaired) electrons. The van der Waals surface area contributed by atoms with Crippen LogP contribution in [0.25, 0.3) is 0 Å². The van der Waals surface area contributed by atoms with Crippen LogP contribution in [0.4, 0.5) is 0 Å². The average molecular weight is 728 g/mol. The van der Waals surface area contributed by atoms with Gasteiger partial charge in [-0.25, -0.2) is 5.48 Å². The molecule has 2 rings (SSSR count). The Morgan fingerprint density at radius 1 is 0.712 bits per heavy atom. The number of aromatic hydroxyl groups is 1. The summed E-state index contributed by atoms with van der Waals surface area (Å²) in [7, 11) is 1.58. The number of hydroxylamine groups is 1. The number of ether oxygens (including phenoxy) is 3. The molecule has 0 heterocycles. The summed E-state index contributed by atoms with van der Waals surface area (Å²) in [5.41, 5.74) is 2.97. The van der Waals surface area contributed by atoms with E-state index in [1.165, 1.54) is 31.5 Å². The first-order valence-electron chi connectivity index (χ1n) is 17.5. The molecule has 0 spiro atoms. The van der Waals surface area contributed by atoms with Crippen LogP contribution in [0.2, 0.25) is 0 Å². The predicted octanol–water partition coefficient (Wildman–Crippen LogP) is 2.65. The Balaban J connectivity index is 2.15. The van der Waals surface area contributed by atoms with Gasteiger partial charge in [0.15, 0.2) is 11.6 Å². The van der Waals surface area contributed by atoms with Crippen LogP contribution in [0.1, 0.15) is 63.5 Å². The second-order valence-electron chi connectivity index (χ2n) is 12.7. The number of ketones is 3. The number of phenolic OH excluding ortho intramolecular Hbond substituents is 1. The average Bonchev–Trinajstić information content (AvgIpc) is 3.12. The third-order valence-electron chi connectivity index (χ3n) is 8.33. The molecular formula is C38H53N3O11. The van der Waals surface area contributed by atoms with Crippen LogP contribution in [0.5, 0.6) is 5.75 Å². The minimum Gasteiger partial charge on any atom is -0.508 e. The molecular weight excluding hydrogens is 674 g/mol. The first-order chi connectivity index (χ1) is 24.9. The number of nitrogens with one attached hydrogen (secondary N) is 3. The van der Waals surface area contributed by atoms with Crippen molar-refractivity contribution in [2.45, 2.75) is 77.3 Å². The molecule has 14 nitrogen and oxygen atoms in total. The van der Waals surface area contributed by atoms with Gasteiger partial charge in [0.05, 0.1) is 38.5 Å².